The third kappa shape index (κ3) is 76.4. The number of carbonyl (C=O) groups is 4. The number of allylic oxidation sites excluding steroid dienone is 29. The van der Waals surface area contributed by atoms with Crippen molar-refractivity contribution < 1.29 is 80.2 Å². The Balaban J connectivity index is 5.48. The summed E-state index contributed by atoms with van der Waals surface area (Å²) in [4.78, 5) is 73.0. The molecule has 0 rings (SSSR count). The fourth-order valence-electron chi connectivity index (χ4n) is 9.96. The van der Waals surface area contributed by atoms with E-state index < -0.39 is 97.5 Å². The second-order valence-electron chi connectivity index (χ2n) is 25.8. The molecule has 19 heteroatoms. The van der Waals surface area contributed by atoms with Crippen LogP contribution in [0.2, 0.25) is 0 Å². The zero-order valence-corrected chi connectivity index (χ0v) is 67.3. The van der Waals surface area contributed by atoms with Crippen LogP contribution in [0.3, 0.4) is 0 Å². The van der Waals surface area contributed by atoms with Gasteiger partial charge in [0, 0.05) is 19.3 Å². The third-order valence-electron chi connectivity index (χ3n) is 15.9. The normalized spacial score (nSPS) is 14.8. The molecule has 106 heavy (non-hydrogen) atoms. The molecule has 0 aromatic rings. The van der Waals surface area contributed by atoms with Crippen LogP contribution in [0, 0.1) is 0 Å². The van der Waals surface area contributed by atoms with Crippen LogP contribution in [0.15, 0.2) is 182 Å². The molecule has 0 fully saturated rings. The molecular weight excluding hydrogens is 1380 g/mol. The van der Waals surface area contributed by atoms with Gasteiger partial charge in [-0.2, -0.15) is 0 Å². The molecule has 0 saturated heterocycles. The molecule has 0 aliphatic rings. The lowest BCUT2D eigenvalue weighted by atomic mass is 10.1. The van der Waals surface area contributed by atoms with Crippen molar-refractivity contribution in [2.24, 2.45) is 0 Å². The van der Waals surface area contributed by atoms with Gasteiger partial charge in [-0.15, -0.1) is 0 Å². The van der Waals surface area contributed by atoms with Gasteiger partial charge >= 0.3 is 39.5 Å². The van der Waals surface area contributed by atoms with Crippen LogP contribution in [0.5, 0.6) is 0 Å². The van der Waals surface area contributed by atoms with Crippen LogP contribution in [0.1, 0.15) is 285 Å². The first-order chi connectivity index (χ1) is 51.7. The van der Waals surface area contributed by atoms with Gasteiger partial charge in [-0.25, -0.2) is 9.13 Å². The maximum absolute atomic E-state index is 13.1. The van der Waals surface area contributed by atoms with E-state index >= 15 is 0 Å². The summed E-state index contributed by atoms with van der Waals surface area (Å²) in [5.74, 6) is -2.39. The van der Waals surface area contributed by atoms with Crippen LogP contribution in [-0.4, -0.2) is 96.7 Å². The number of ether oxygens (including phenoxy) is 4. The number of hydrogen-bond acceptors (Lipinski definition) is 15. The molecule has 600 valence electrons. The summed E-state index contributed by atoms with van der Waals surface area (Å²) in [6.07, 6.45) is 93.3. The lowest BCUT2D eigenvalue weighted by Gasteiger charge is -2.21. The lowest BCUT2D eigenvalue weighted by Crippen LogP contribution is -2.30. The maximum atomic E-state index is 13.1. The molecule has 0 aromatic carbocycles. The van der Waals surface area contributed by atoms with Crippen molar-refractivity contribution in [2.75, 3.05) is 39.6 Å². The molecule has 17 nitrogen and oxygen atoms in total. The van der Waals surface area contributed by atoms with E-state index in [-0.39, 0.29) is 25.7 Å². The summed E-state index contributed by atoms with van der Waals surface area (Å²) in [5, 5.41) is 10.6. The fraction of sp³-hybridized carbons (Fsp3) is 0.609. The molecule has 0 aliphatic carbocycles. The molecule has 0 aromatic heterocycles. The largest absolute Gasteiger partial charge is 0.472 e. The van der Waals surface area contributed by atoms with Gasteiger partial charge in [-0.3, -0.25) is 37.3 Å². The molecule has 0 saturated carbocycles. The van der Waals surface area contributed by atoms with Gasteiger partial charge < -0.3 is 33.8 Å². The quantitative estimate of drug-likeness (QED) is 0.0169. The molecule has 3 N–H and O–H groups in total. The standard InChI is InChI=1S/C87H140O17P2/c1-5-9-13-17-21-25-29-33-37-40-44-47-51-55-59-63-67-71-84(89)97-77-82(103-86(91)73-69-65-61-57-53-49-43-36-32-28-24-20-16-12-8-4)79-101-105(93,94)99-75-81(88)76-100-106(95,96)102-80-83(104-87(92)74-70-66-62-58-54-50-46-42-39-35-31-27-23-19-15-11-7-3)78-98-85(90)72-68-64-60-56-52-48-45-41-38-34-30-26-22-18-14-10-6-2/h9-16,21-28,33-39,43-44,47,53,57,65,69,81-83,88H,5-8,17-20,29-32,40-42,45-46,48-52,54-56,58-64,66-68,70-80H2,1-4H3,(H,93,94)(H,95,96)/b13-9-,14-10-,15-11-,16-12-,25-21-,26-22-,27-23-,28-24-,37-33-,38-34-,39-35-,43-36-,47-44-,57-53-,69-65-. The lowest BCUT2D eigenvalue weighted by molar-refractivity contribution is -0.161. The minimum Gasteiger partial charge on any atom is -0.462 e. The summed E-state index contributed by atoms with van der Waals surface area (Å²) < 4.78 is 68.5. The first-order valence-electron chi connectivity index (χ1n) is 40.0. The summed E-state index contributed by atoms with van der Waals surface area (Å²) in [6.45, 7) is 4.25. The zero-order valence-electron chi connectivity index (χ0n) is 65.5. The van der Waals surface area contributed by atoms with E-state index in [1.54, 1.807) is 12.2 Å². The molecule has 0 bridgehead atoms. The first-order valence-corrected chi connectivity index (χ1v) is 43.0. The van der Waals surface area contributed by atoms with E-state index in [1.807, 2.05) is 12.2 Å². The van der Waals surface area contributed by atoms with Crippen molar-refractivity contribution >= 4 is 39.5 Å². The highest BCUT2D eigenvalue weighted by molar-refractivity contribution is 7.47. The number of phosphoric acid groups is 2. The Labute approximate surface area is 641 Å². The molecule has 0 amide bonds. The maximum Gasteiger partial charge on any atom is 0.472 e. The average molecular weight is 1520 g/mol. The second-order valence-corrected chi connectivity index (χ2v) is 28.8. The smallest absolute Gasteiger partial charge is 0.462 e. The minimum atomic E-state index is -5.02. The topological polar surface area (TPSA) is 237 Å². The number of esters is 4. The van der Waals surface area contributed by atoms with Gasteiger partial charge in [0.25, 0.3) is 0 Å². The van der Waals surface area contributed by atoms with Gasteiger partial charge in [0.2, 0.25) is 0 Å². The van der Waals surface area contributed by atoms with Gasteiger partial charge in [-0.05, 0) is 154 Å². The molecule has 0 spiro atoms. The monoisotopic (exact) mass is 1520 g/mol. The van der Waals surface area contributed by atoms with E-state index in [0.717, 1.165) is 205 Å². The summed E-state index contributed by atoms with van der Waals surface area (Å²) in [7, 11) is -10.0. The number of hydrogen-bond donors (Lipinski definition) is 3. The predicted molar refractivity (Wildman–Crippen MR) is 436 cm³/mol. The molecule has 5 atom stereocenters. The van der Waals surface area contributed by atoms with Gasteiger partial charge in [0.15, 0.2) is 12.2 Å². The zero-order chi connectivity index (χ0) is 77.4. The number of rotatable bonds is 73. The highest BCUT2D eigenvalue weighted by Gasteiger charge is 2.30. The molecular formula is C87H140O17P2. The minimum absolute atomic E-state index is 0.0720. The predicted octanol–water partition coefficient (Wildman–Crippen LogP) is 23.6. The van der Waals surface area contributed by atoms with Crippen molar-refractivity contribution in [1.29, 1.82) is 0 Å². The van der Waals surface area contributed by atoms with Gasteiger partial charge in [0.1, 0.15) is 19.3 Å². The van der Waals surface area contributed by atoms with Gasteiger partial charge in [0.05, 0.1) is 32.8 Å². The fourth-order valence-corrected chi connectivity index (χ4v) is 11.5. The number of unbranched alkanes of at least 4 members (excludes halogenated alkanes) is 18. The Hall–Kier alpha value is -5.84. The summed E-state index contributed by atoms with van der Waals surface area (Å²) in [5.41, 5.74) is 0. The highest BCUT2D eigenvalue weighted by Crippen LogP contribution is 2.45. The van der Waals surface area contributed by atoms with Crippen molar-refractivity contribution in [3.8, 4) is 0 Å². The van der Waals surface area contributed by atoms with Crippen LogP contribution in [-0.2, 0) is 65.4 Å². The van der Waals surface area contributed by atoms with Crippen molar-refractivity contribution in [3.05, 3.63) is 182 Å². The van der Waals surface area contributed by atoms with Crippen molar-refractivity contribution in [3.63, 3.8) is 0 Å². The molecule has 5 unspecified atom stereocenters. The van der Waals surface area contributed by atoms with E-state index in [2.05, 4.69) is 186 Å². The van der Waals surface area contributed by atoms with Crippen LogP contribution in [0.25, 0.3) is 0 Å². The average Bonchev–Trinajstić information content (AvgIpc) is 0.909. The summed E-state index contributed by atoms with van der Waals surface area (Å²) >= 11 is 0. The van der Waals surface area contributed by atoms with E-state index in [0.29, 0.717) is 25.7 Å². The van der Waals surface area contributed by atoms with Crippen LogP contribution < -0.4 is 0 Å². The Morgan fingerprint density at radius 1 is 0.274 bits per heavy atom. The summed E-state index contributed by atoms with van der Waals surface area (Å²) in [6, 6.07) is 0. The Kier molecular flexibility index (Phi) is 73.1. The number of aliphatic hydroxyl groups excluding tert-OH is 1. The number of phosphoric ester groups is 2. The highest BCUT2D eigenvalue weighted by atomic mass is 31.2. The van der Waals surface area contributed by atoms with E-state index in [4.69, 9.17) is 37.0 Å². The van der Waals surface area contributed by atoms with Crippen molar-refractivity contribution in [2.45, 2.75) is 303 Å². The van der Waals surface area contributed by atoms with E-state index in [9.17, 15) is 43.2 Å². The van der Waals surface area contributed by atoms with Crippen molar-refractivity contribution in [1.82, 2.24) is 0 Å². The Bertz CT molecular complexity index is 2730. The Morgan fingerprint density at radius 3 is 0.792 bits per heavy atom. The van der Waals surface area contributed by atoms with Gasteiger partial charge in [-0.1, -0.05) is 287 Å². The SMILES string of the molecule is CC/C=C\C/C=C\C/C=C\C/C=C\C/C=C\CC(=O)OC(COC(=O)CCCCCC/C=C\C/C=C\C/C=C\C/C=C\CC)COP(=O)(O)OCC(O)COP(=O)(O)OCC(COC(=O)CCCCCCCCC/C=C\C/C=C\C/C=C\CC)OC(=O)CCCCCCCCC/C=C\C/C=C\C/C=C\CC. The number of carbonyl (C=O) groups excluding carboxylic acids is 4. The first kappa shape index (κ1) is 100. The molecule has 0 aliphatic heterocycles. The van der Waals surface area contributed by atoms with Crippen LogP contribution >= 0.6 is 15.6 Å². The number of aliphatic hydroxyl groups is 1. The Morgan fingerprint density at radius 2 is 0.500 bits per heavy atom. The third-order valence-corrected chi connectivity index (χ3v) is 17.8. The van der Waals surface area contributed by atoms with Crippen LogP contribution in [0.4, 0.5) is 0 Å². The molecule has 0 radical (unpaired) electrons. The second kappa shape index (κ2) is 77.3. The van der Waals surface area contributed by atoms with E-state index in [1.165, 1.54) is 0 Å². The molecule has 0 heterocycles.